The van der Waals surface area contributed by atoms with E-state index in [1.807, 2.05) is 36.4 Å². The fourth-order valence-electron chi connectivity index (χ4n) is 2.90. The van der Waals surface area contributed by atoms with Crippen LogP contribution in [0.15, 0.2) is 66.7 Å². The Kier molecular flexibility index (Phi) is 5.77. The zero-order valence-corrected chi connectivity index (χ0v) is 15.0. The van der Waals surface area contributed by atoms with Gasteiger partial charge in [-0.25, -0.2) is 0 Å². The Hall–Kier alpha value is -2.98. The van der Waals surface area contributed by atoms with Crippen LogP contribution in [-0.2, 0) is 13.2 Å². The molecule has 0 spiro atoms. The predicted octanol–water partition coefficient (Wildman–Crippen LogP) is 4.48. The molecule has 3 aromatic carbocycles. The Labute approximate surface area is 154 Å². The molecule has 0 aliphatic rings. The highest BCUT2D eigenvalue weighted by Crippen LogP contribution is 2.29. The quantitative estimate of drug-likeness (QED) is 0.660. The summed E-state index contributed by atoms with van der Waals surface area (Å²) in [5, 5.41) is 12.8. The van der Waals surface area contributed by atoms with Crippen molar-refractivity contribution in [3.05, 3.63) is 77.9 Å². The Bertz CT molecular complexity index is 860. The second-order valence-corrected chi connectivity index (χ2v) is 5.94. The van der Waals surface area contributed by atoms with E-state index < -0.39 is 0 Å². The van der Waals surface area contributed by atoms with Crippen molar-refractivity contribution in [3.8, 4) is 22.6 Å². The Balaban J connectivity index is 1.70. The Morgan fingerprint density at radius 1 is 0.846 bits per heavy atom. The first-order valence-electron chi connectivity index (χ1n) is 8.49. The maximum Gasteiger partial charge on any atom is 0.126 e. The third-order valence-corrected chi connectivity index (χ3v) is 4.32. The van der Waals surface area contributed by atoms with Crippen LogP contribution in [0.25, 0.3) is 11.1 Å². The lowest BCUT2D eigenvalue weighted by Gasteiger charge is -2.12. The van der Waals surface area contributed by atoms with Crippen molar-refractivity contribution in [2.24, 2.45) is 0 Å². The van der Waals surface area contributed by atoms with Crippen LogP contribution < -0.4 is 14.8 Å². The summed E-state index contributed by atoms with van der Waals surface area (Å²) in [6.07, 6.45) is 0. The lowest BCUT2D eigenvalue weighted by Crippen LogP contribution is -2.01. The number of hydrogen-bond donors (Lipinski definition) is 2. The van der Waals surface area contributed by atoms with Crippen molar-refractivity contribution < 1.29 is 14.6 Å². The highest BCUT2D eigenvalue weighted by atomic mass is 16.5. The molecule has 4 nitrogen and oxygen atoms in total. The topological polar surface area (TPSA) is 50.7 Å². The van der Waals surface area contributed by atoms with Crippen LogP contribution in [0.5, 0.6) is 11.5 Å². The molecular weight excluding hydrogens is 326 g/mol. The third kappa shape index (κ3) is 3.98. The molecule has 0 fully saturated rings. The van der Waals surface area contributed by atoms with E-state index in [1.165, 1.54) is 5.56 Å². The lowest BCUT2D eigenvalue weighted by molar-refractivity contribution is 0.274. The van der Waals surface area contributed by atoms with E-state index in [4.69, 9.17) is 9.47 Å². The highest BCUT2D eigenvalue weighted by Gasteiger charge is 2.06. The molecule has 0 atom stereocenters. The summed E-state index contributed by atoms with van der Waals surface area (Å²) < 4.78 is 10.7. The molecule has 0 saturated carbocycles. The Morgan fingerprint density at radius 2 is 1.58 bits per heavy atom. The van der Waals surface area contributed by atoms with Gasteiger partial charge in [-0.15, -0.1) is 0 Å². The van der Waals surface area contributed by atoms with Gasteiger partial charge in [0, 0.05) is 23.4 Å². The van der Waals surface area contributed by atoms with Gasteiger partial charge in [-0.2, -0.15) is 0 Å². The number of rotatable bonds is 7. The van der Waals surface area contributed by atoms with E-state index in [-0.39, 0.29) is 6.61 Å². The molecule has 0 aliphatic heterocycles. The molecular formula is C22H23NO3. The van der Waals surface area contributed by atoms with Crippen molar-refractivity contribution in [2.45, 2.75) is 13.2 Å². The number of benzene rings is 3. The molecule has 3 rings (SSSR count). The van der Waals surface area contributed by atoms with E-state index in [0.29, 0.717) is 12.3 Å². The van der Waals surface area contributed by atoms with Crippen molar-refractivity contribution >= 4 is 5.69 Å². The number of hydrogen-bond acceptors (Lipinski definition) is 4. The summed E-state index contributed by atoms with van der Waals surface area (Å²) in [4.78, 5) is 0. The SMILES string of the molecule is COc1ccc(NCc2ccc(-c3ccccc3OC)cc2)cc1CO. The van der Waals surface area contributed by atoms with Gasteiger partial charge in [0.1, 0.15) is 11.5 Å². The zero-order valence-electron chi connectivity index (χ0n) is 15.0. The molecule has 4 heteroatoms. The molecule has 0 unspecified atom stereocenters. The minimum absolute atomic E-state index is 0.0493. The summed E-state index contributed by atoms with van der Waals surface area (Å²) in [7, 11) is 3.29. The normalized spacial score (nSPS) is 10.4. The van der Waals surface area contributed by atoms with E-state index >= 15 is 0 Å². The molecule has 0 bridgehead atoms. The van der Waals surface area contributed by atoms with Crippen LogP contribution in [0.2, 0.25) is 0 Å². The average molecular weight is 349 g/mol. The van der Waals surface area contributed by atoms with Gasteiger partial charge in [-0.3, -0.25) is 0 Å². The number of para-hydroxylation sites is 1. The number of aliphatic hydroxyl groups is 1. The molecule has 0 heterocycles. The zero-order chi connectivity index (χ0) is 18.4. The van der Waals surface area contributed by atoms with Crippen molar-refractivity contribution in [1.29, 1.82) is 0 Å². The Morgan fingerprint density at radius 3 is 2.27 bits per heavy atom. The molecule has 3 aromatic rings. The van der Waals surface area contributed by atoms with Crippen molar-refractivity contribution in [2.75, 3.05) is 19.5 Å². The molecule has 2 N–H and O–H groups in total. The van der Waals surface area contributed by atoms with Gasteiger partial charge < -0.3 is 19.9 Å². The standard InChI is InChI=1S/C22H23NO3/c1-25-21-12-11-19(13-18(21)15-24)23-14-16-7-9-17(10-8-16)20-5-3-4-6-22(20)26-2/h3-13,23-24H,14-15H2,1-2H3. The van der Waals surface area contributed by atoms with E-state index in [9.17, 15) is 5.11 Å². The van der Waals surface area contributed by atoms with Gasteiger partial charge in [0.05, 0.1) is 20.8 Å². The minimum Gasteiger partial charge on any atom is -0.496 e. The smallest absolute Gasteiger partial charge is 0.126 e. The molecule has 26 heavy (non-hydrogen) atoms. The second-order valence-electron chi connectivity index (χ2n) is 5.94. The van der Waals surface area contributed by atoms with Crippen molar-refractivity contribution in [3.63, 3.8) is 0 Å². The lowest BCUT2D eigenvalue weighted by atomic mass is 10.0. The number of ether oxygens (including phenoxy) is 2. The van der Waals surface area contributed by atoms with Gasteiger partial charge in [-0.05, 0) is 35.4 Å². The first-order valence-corrected chi connectivity index (χ1v) is 8.49. The average Bonchev–Trinajstić information content (AvgIpc) is 2.72. The second kappa shape index (κ2) is 8.41. The highest BCUT2D eigenvalue weighted by molar-refractivity contribution is 5.70. The van der Waals surface area contributed by atoms with E-state index in [1.54, 1.807) is 14.2 Å². The largest absolute Gasteiger partial charge is 0.496 e. The fourth-order valence-corrected chi connectivity index (χ4v) is 2.90. The van der Waals surface area contributed by atoms with Crippen LogP contribution in [0.3, 0.4) is 0 Å². The number of aliphatic hydroxyl groups excluding tert-OH is 1. The van der Waals surface area contributed by atoms with Gasteiger partial charge in [0.15, 0.2) is 0 Å². The van der Waals surface area contributed by atoms with Crippen molar-refractivity contribution in [1.82, 2.24) is 0 Å². The van der Waals surface area contributed by atoms with Crippen LogP contribution in [0.1, 0.15) is 11.1 Å². The first-order chi connectivity index (χ1) is 12.7. The molecule has 134 valence electrons. The summed E-state index contributed by atoms with van der Waals surface area (Å²) in [6, 6.07) is 22.1. The molecule has 0 radical (unpaired) electrons. The van der Waals surface area contributed by atoms with E-state index in [0.717, 1.165) is 28.1 Å². The monoisotopic (exact) mass is 349 g/mol. The number of nitrogens with one attached hydrogen (secondary N) is 1. The van der Waals surface area contributed by atoms with Crippen LogP contribution >= 0.6 is 0 Å². The first kappa shape index (κ1) is 17.8. The summed E-state index contributed by atoms with van der Waals surface area (Å²) in [5.74, 6) is 1.56. The van der Waals surface area contributed by atoms with Crippen LogP contribution in [0.4, 0.5) is 5.69 Å². The molecule has 0 aromatic heterocycles. The summed E-state index contributed by atoms with van der Waals surface area (Å²) in [6.45, 7) is 0.649. The molecule has 0 saturated heterocycles. The molecule has 0 amide bonds. The summed E-state index contributed by atoms with van der Waals surface area (Å²) >= 11 is 0. The fraction of sp³-hybridized carbons (Fsp3) is 0.182. The molecule has 0 aliphatic carbocycles. The summed E-state index contributed by atoms with van der Waals surface area (Å²) in [5.41, 5.74) is 5.09. The maximum absolute atomic E-state index is 9.42. The third-order valence-electron chi connectivity index (χ3n) is 4.32. The maximum atomic E-state index is 9.42. The van der Waals surface area contributed by atoms with Crippen LogP contribution in [-0.4, -0.2) is 19.3 Å². The minimum atomic E-state index is -0.0493. The van der Waals surface area contributed by atoms with Gasteiger partial charge in [-0.1, -0.05) is 42.5 Å². The van der Waals surface area contributed by atoms with Crippen LogP contribution in [0, 0.1) is 0 Å². The number of anilines is 1. The predicted molar refractivity (Wildman–Crippen MR) is 105 cm³/mol. The van der Waals surface area contributed by atoms with E-state index in [2.05, 4.69) is 35.6 Å². The van der Waals surface area contributed by atoms with Gasteiger partial charge in [0.2, 0.25) is 0 Å². The van der Waals surface area contributed by atoms with Gasteiger partial charge in [0.25, 0.3) is 0 Å². The number of methoxy groups -OCH3 is 2. The van der Waals surface area contributed by atoms with Gasteiger partial charge >= 0.3 is 0 Å².